The Kier molecular flexibility index (Phi) is 5.93. The Morgan fingerprint density at radius 2 is 1.87 bits per heavy atom. The predicted octanol–water partition coefficient (Wildman–Crippen LogP) is 4.85. The average molecular weight is 448 g/mol. The van der Waals surface area contributed by atoms with Gasteiger partial charge in [-0.25, -0.2) is 13.2 Å². The highest BCUT2D eigenvalue weighted by Gasteiger charge is 2.28. The smallest absolute Gasteiger partial charge is 0.322 e. The van der Waals surface area contributed by atoms with Gasteiger partial charge in [0, 0.05) is 18.3 Å². The van der Waals surface area contributed by atoms with Gasteiger partial charge < -0.3 is 5.32 Å². The van der Waals surface area contributed by atoms with Crippen molar-refractivity contribution in [2.75, 3.05) is 16.2 Å². The Hall–Kier alpha value is -2.25. The van der Waals surface area contributed by atoms with Crippen LogP contribution in [-0.2, 0) is 16.4 Å². The summed E-state index contributed by atoms with van der Waals surface area (Å²) in [7, 11) is -3.78. The summed E-state index contributed by atoms with van der Waals surface area (Å²) in [4.78, 5) is 14.6. The molecule has 0 saturated heterocycles. The van der Waals surface area contributed by atoms with Crippen molar-refractivity contribution in [1.29, 1.82) is 0 Å². The first-order chi connectivity index (χ1) is 14.3. The maximum absolute atomic E-state index is 12.9. The number of hydrogen-bond donors (Lipinski definition) is 2. The first-order valence-electron chi connectivity index (χ1n) is 10.3. The van der Waals surface area contributed by atoms with Crippen LogP contribution in [0.1, 0.15) is 43.2 Å². The minimum atomic E-state index is -3.78. The van der Waals surface area contributed by atoms with Crippen molar-refractivity contribution in [2.45, 2.75) is 56.4 Å². The SMILES string of the molecule is Cc1ccc(NS(=O)(=O)c2ccc3c(c2)CCN3C(=O)NC2CCCCC2)c(Cl)c1. The number of halogens is 1. The Labute approximate surface area is 182 Å². The van der Waals surface area contributed by atoms with Crippen LogP contribution in [0.4, 0.5) is 16.2 Å². The number of benzene rings is 2. The third-order valence-electron chi connectivity index (χ3n) is 5.80. The van der Waals surface area contributed by atoms with Crippen LogP contribution in [-0.4, -0.2) is 27.0 Å². The minimum absolute atomic E-state index is 0.0965. The summed E-state index contributed by atoms with van der Waals surface area (Å²) in [5.74, 6) is 0. The zero-order chi connectivity index (χ0) is 21.3. The van der Waals surface area contributed by atoms with Gasteiger partial charge in [0.2, 0.25) is 0 Å². The number of rotatable bonds is 4. The van der Waals surface area contributed by atoms with E-state index in [1.54, 1.807) is 35.2 Å². The van der Waals surface area contributed by atoms with Gasteiger partial charge >= 0.3 is 6.03 Å². The molecular formula is C22H26ClN3O3S. The molecule has 160 valence electrons. The van der Waals surface area contributed by atoms with E-state index in [0.717, 1.165) is 42.5 Å². The van der Waals surface area contributed by atoms with E-state index in [1.807, 2.05) is 6.92 Å². The van der Waals surface area contributed by atoms with Crippen LogP contribution < -0.4 is 14.9 Å². The quantitative estimate of drug-likeness (QED) is 0.702. The van der Waals surface area contributed by atoms with Gasteiger partial charge in [-0.3, -0.25) is 9.62 Å². The van der Waals surface area contributed by atoms with Crippen molar-refractivity contribution in [1.82, 2.24) is 5.32 Å². The predicted molar refractivity (Wildman–Crippen MR) is 120 cm³/mol. The molecule has 6 nitrogen and oxygen atoms in total. The summed E-state index contributed by atoms with van der Waals surface area (Å²) in [6.45, 7) is 2.44. The number of sulfonamides is 1. The van der Waals surface area contributed by atoms with E-state index in [-0.39, 0.29) is 17.0 Å². The summed E-state index contributed by atoms with van der Waals surface area (Å²) in [5, 5.41) is 3.48. The molecule has 0 bridgehead atoms. The van der Waals surface area contributed by atoms with E-state index in [1.165, 1.54) is 12.5 Å². The van der Waals surface area contributed by atoms with Crippen LogP contribution >= 0.6 is 11.6 Å². The van der Waals surface area contributed by atoms with Gasteiger partial charge in [0.1, 0.15) is 0 Å². The van der Waals surface area contributed by atoms with Crippen LogP contribution in [0, 0.1) is 6.92 Å². The van der Waals surface area contributed by atoms with Gasteiger partial charge in [0.15, 0.2) is 0 Å². The molecule has 0 radical (unpaired) electrons. The molecule has 0 atom stereocenters. The highest BCUT2D eigenvalue weighted by atomic mass is 35.5. The maximum Gasteiger partial charge on any atom is 0.322 e. The lowest BCUT2D eigenvalue weighted by molar-refractivity contribution is 0.238. The zero-order valence-corrected chi connectivity index (χ0v) is 18.5. The molecule has 0 unspecified atom stereocenters. The van der Waals surface area contributed by atoms with Crippen LogP contribution in [0.15, 0.2) is 41.3 Å². The van der Waals surface area contributed by atoms with Crippen molar-refractivity contribution in [2.24, 2.45) is 0 Å². The summed E-state index contributed by atoms with van der Waals surface area (Å²) >= 11 is 6.17. The number of aryl methyl sites for hydroxylation is 1. The number of nitrogens with one attached hydrogen (secondary N) is 2. The van der Waals surface area contributed by atoms with Crippen molar-refractivity contribution in [3.63, 3.8) is 0 Å². The van der Waals surface area contributed by atoms with Crippen LogP contribution in [0.5, 0.6) is 0 Å². The summed E-state index contributed by atoms with van der Waals surface area (Å²) < 4.78 is 28.3. The van der Waals surface area contributed by atoms with Gasteiger partial charge in [-0.15, -0.1) is 0 Å². The molecule has 2 N–H and O–H groups in total. The van der Waals surface area contributed by atoms with Crippen molar-refractivity contribution in [3.05, 3.63) is 52.5 Å². The molecule has 0 aromatic heterocycles. The number of nitrogens with zero attached hydrogens (tertiary/aromatic N) is 1. The van der Waals surface area contributed by atoms with Crippen LogP contribution in [0.25, 0.3) is 0 Å². The highest BCUT2D eigenvalue weighted by Crippen LogP contribution is 2.32. The molecule has 2 aromatic rings. The summed E-state index contributed by atoms with van der Waals surface area (Å²) in [5.41, 5.74) is 2.92. The Balaban J connectivity index is 1.50. The lowest BCUT2D eigenvalue weighted by Crippen LogP contribution is -2.45. The number of fused-ring (bicyclic) bond motifs is 1. The van der Waals surface area contributed by atoms with E-state index in [0.29, 0.717) is 23.7 Å². The largest absolute Gasteiger partial charge is 0.335 e. The number of anilines is 2. The first kappa shape index (κ1) is 21.0. The fourth-order valence-electron chi connectivity index (χ4n) is 4.16. The molecule has 2 amide bonds. The molecule has 8 heteroatoms. The van der Waals surface area contributed by atoms with Gasteiger partial charge in [0.25, 0.3) is 10.0 Å². The lowest BCUT2D eigenvalue weighted by atomic mass is 9.96. The van der Waals surface area contributed by atoms with E-state index in [4.69, 9.17) is 11.6 Å². The number of hydrogen-bond acceptors (Lipinski definition) is 3. The molecule has 1 fully saturated rings. The Morgan fingerprint density at radius 3 is 2.60 bits per heavy atom. The summed E-state index contributed by atoms with van der Waals surface area (Å²) in [6.07, 6.45) is 6.22. The second kappa shape index (κ2) is 8.47. The molecule has 0 spiro atoms. The molecular weight excluding hydrogens is 422 g/mol. The van der Waals surface area contributed by atoms with Gasteiger partial charge in [-0.2, -0.15) is 0 Å². The lowest BCUT2D eigenvalue weighted by Gasteiger charge is -2.26. The van der Waals surface area contributed by atoms with Crippen LogP contribution in [0.3, 0.4) is 0 Å². The minimum Gasteiger partial charge on any atom is -0.335 e. The second-order valence-corrected chi connectivity index (χ2v) is 10.2. The molecule has 4 rings (SSSR count). The highest BCUT2D eigenvalue weighted by molar-refractivity contribution is 7.92. The monoisotopic (exact) mass is 447 g/mol. The van der Waals surface area contributed by atoms with E-state index < -0.39 is 10.0 Å². The zero-order valence-electron chi connectivity index (χ0n) is 16.9. The standard InChI is InChI=1S/C22H26ClN3O3S/c1-15-7-9-20(19(23)13-15)25-30(28,29)18-8-10-21-16(14-18)11-12-26(21)22(27)24-17-5-3-2-4-6-17/h7-10,13-14,17,25H,2-6,11-12H2,1H3,(H,24,27). The van der Waals surface area contributed by atoms with Gasteiger partial charge in [0.05, 0.1) is 15.6 Å². The van der Waals surface area contributed by atoms with Crippen molar-refractivity contribution >= 4 is 39.0 Å². The summed E-state index contributed by atoms with van der Waals surface area (Å²) in [6, 6.07) is 10.2. The maximum atomic E-state index is 12.9. The Bertz CT molecular complexity index is 1070. The van der Waals surface area contributed by atoms with Gasteiger partial charge in [-0.1, -0.05) is 36.9 Å². The molecule has 1 saturated carbocycles. The number of carbonyl (C=O) groups is 1. The van der Waals surface area contributed by atoms with Crippen LogP contribution in [0.2, 0.25) is 5.02 Å². The Morgan fingerprint density at radius 1 is 1.10 bits per heavy atom. The number of amides is 2. The molecule has 2 aromatic carbocycles. The molecule has 1 aliphatic heterocycles. The third-order valence-corrected chi connectivity index (χ3v) is 7.48. The fraction of sp³-hybridized carbons (Fsp3) is 0.409. The van der Waals surface area contributed by atoms with E-state index in [2.05, 4.69) is 10.0 Å². The average Bonchev–Trinajstić information content (AvgIpc) is 3.14. The van der Waals surface area contributed by atoms with E-state index in [9.17, 15) is 13.2 Å². The molecule has 1 heterocycles. The normalized spacial score (nSPS) is 16.9. The molecule has 1 aliphatic carbocycles. The topological polar surface area (TPSA) is 78.5 Å². The van der Waals surface area contributed by atoms with Gasteiger partial charge in [-0.05, 0) is 67.6 Å². The molecule has 30 heavy (non-hydrogen) atoms. The third kappa shape index (κ3) is 4.42. The first-order valence-corrected chi connectivity index (χ1v) is 12.2. The number of carbonyl (C=O) groups excluding carboxylic acids is 1. The second-order valence-electron chi connectivity index (χ2n) is 8.07. The van der Waals surface area contributed by atoms with E-state index >= 15 is 0 Å². The van der Waals surface area contributed by atoms with Crippen molar-refractivity contribution < 1.29 is 13.2 Å². The number of urea groups is 1. The fourth-order valence-corrected chi connectivity index (χ4v) is 5.63. The van der Waals surface area contributed by atoms with Crippen molar-refractivity contribution in [3.8, 4) is 0 Å². The molecule has 2 aliphatic rings.